The topological polar surface area (TPSA) is 52.6 Å². The van der Waals surface area contributed by atoms with E-state index in [1.807, 2.05) is 6.07 Å². The van der Waals surface area contributed by atoms with Crippen molar-refractivity contribution in [2.75, 3.05) is 18.0 Å². The first kappa shape index (κ1) is 13.9. The van der Waals surface area contributed by atoms with Crippen molar-refractivity contribution in [3.05, 3.63) is 29.3 Å². The van der Waals surface area contributed by atoms with Gasteiger partial charge in [-0.1, -0.05) is 12.1 Å². The van der Waals surface area contributed by atoms with E-state index >= 15 is 0 Å². The molecule has 1 aromatic carbocycles. The molecule has 1 aliphatic rings. The first-order valence-electron chi connectivity index (χ1n) is 6.77. The highest BCUT2D eigenvalue weighted by Crippen LogP contribution is 2.28. The number of anilines is 1. The molecule has 0 aliphatic carbocycles. The molecule has 2 N–H and O–H groups in total. The Bertz CT molecular complexity index is 473. The Morgan fingerprint density at radius 1 is 1.42 bits per heavy atom. The first-order chi connectivity index (χ1) is 9.00. The molecule has 4 nitrogen and oxygen atoms in total. The van der Waals surface area contributed by atoms with Crippen LogP contribution in [-0.4, -0.2) is 36.2 Å². The molecule has 0 bridgehead atoms. The van der Waals surface area contributed by atoms with Gasteiger partial charge in [-0.25, -0.2) is 0 Å². The van der Waals surface area contributed by atoms with Gasteiger partial charge in [0.2, 0.25) is 0 Å². The van der Waals surface area contributed by atoms with E-state index in [0.717, 1.165) is 13.1 Å². The molecule has 1 aromatic rings. The predicted octanol–water partition coefficient (Wildman–Crippen LogP) is 1.94. The van der Waals surface area contributed by atoms with Gasteiger partial charge in [-0.2, -0.15) is 0 Å². The minimum Gasteiger partial charge on any atom is -0.481 e. The van der Waals surface area contributed by atoms with Crippen molar-refractivity contribution in [3.63, 3.8) is 0 Å². The summed E-state index contributed by atoms with van der Waals surface area (Å²) < 4.78 is 0. The van der Waals surface area contributed by atoms with Crippen molar-refractivity contribution in [2.45, 2.75) is 39.3 Å². The van der Waals surface area contributed by atoms with Crippen LogP contribution in [0.4, 0.5) is 5.69 Å². The third kappa shape index (κ3) is 2.89. The average Bonchev–Trinajstić information content (AvgIpc) is 2.33. The summed E-state index contributed by atoms with van der Waals surface area (Å²) in [5.41, 5.74) is 3.66. The van der Waals surface area contributed by atoms with Crippen molar-refractivity contribution in [2.24, 2.45) is 0 Å². The number of rotatable bonds is 3. The Morgan fingerprint density at radius 2 is 2.16 bits per heavy atom. The molecule has 0 radical (unpaired) electrons. The van der Waals surface area contributed by atoms with Crippen LogP contribution in [0.2, 0.25) is 0 Å². The molecule has 2 unspecified atom stereocenters. The number of aliphatic carboxylic acids is 1. The fraction of sp³-hybridized carbons (Fsp3) is 0.533. The summed E-state index contributed by atoms with van der Waals surface area (Å²) in [4.78, 5) is 13.3. The normalized spacial score (nSPS) is 23.4. The minimum absolute atomic E-state index is 0.0155. The Morgan fingerprint density at radius 3 is 2.84 bits per heavy atom. The van der Waals surface area contributed by atoms with Crippen LogP contribution in [0, 0.1) is 13.8 Å². The number of hydrogen-bond acceptors (Lipinski definition) is 3. The fourth-order valence-electron chi connectivity index (χ4n) is 2.84. The van der Waals surface area contributed by atoms with E-state index in [1.54, 1.807) is 0 Å². The van der Waals surface area contributed by atoms with Crippen molar-refractivity contribution < 1.29 is 9.90 Å². The number of carbonyl (C=O) groups is 1. The minimum atomic E-state index is -0.740. The summed E-state index contributed by atoms with van der Waals surface area (Å²) in [5, 5.41) is 12.4. The van der Waals surface area contributed by atoms with Gasteiger partial charge in [-0.3, -0.25) is 4.79 Å². The van der Waals surface area contributed by atoms with Gasteiger partial charge in [-0.05, 0) is 38.0 Å². The second-order valence-electron chi connectivity index (χ2n) is 5.39. The van der Waals surface area contributed by atoms with Gasteiger partial charge in [0.1, 0.15) is 0 Å². The van der Waals surface area contributed by atoms with Gasteiger partial charge >= 0.3 is 5.97 Å². The molecule has 1 fully saturated rings. The molecule has 0 amide bonds. The van der Waals surface area contributed by atoms with Gasteiger partial charge < -0.3 is 15.3 Å². The molecule has 2 rings (SSSR count). The lowest BCUT2D eigenvalue weighted by molar-refractivity contribution is -0.137. The molecule has 2 atom stereocenters. The maximum atomic E-state index is 11.0. The number of hydrogen-bond donors (Lipinski definition) is 2. The highest BCUT2D eigenvalue weighted by atomic mass is 16.4. The molecule has 4 heteroatoms. The lowest BCUT2D eigenvalue weighted by Gasteiger charge is -2.43. The Balaban J connectivity index is 2.36. The van der Waals surface area contributed by atoms with Crippen molar-refractivity contribution in [1.82, 2.24) is 5.32 Å². The number of carboxylic acids is 1. The zero-order chi connectivity index (χ0) is 14.0. The molecule has 1 aliphatic heterocycles. The molecule has 19 heavy (non-hydrogen) atoms. The van der Waals surface area contributed by atoms with Crippen molar-refractivity contribution in [3.8, 4) is 0 Å². The second kappa shape index (κ2) is 5.61. The van der Waals surface area contributed by atoms with E-state index in [9.17, 15) is 4.79 Å². The second-order valence-corrected chi connectivity index (χ2v) is 5.39. The molecule has 104 valence electrons. The highest BCUT2D eigenvalue weighted by Gasteiger charge is 2.30. The largest absolute Gasteiger partial charge is 0.481 e. The Kier molecular flexibility index (Phi) is 4.10. The quantitative estimate of drug-likeness (QED) is 0.874. The number of carboxylic acid groups (broad SMARTS) is 1. The van der Waals surface area contributed by atoms with E-state index in [4.69, 9.17) is 5.11 Å². The fourth-order valence-corrected chi connectivity index (χ4v) is 2.84. The molecule has 0 aromatic heterocycles. The SMILES string of the molecule is Cc1cccc(N2C(C)CNCC2CC(=O)O)c1C. The molecule has 0 spiro atoms. The number of aryl methyl sites for hydroxylation is 1. The maximum Gasteiger partial charge on any atom is 0.305 e. The van der Waals surface area contributed by atoms with Gasteiger partial charge in [0.05, 0.1) is 12.5 Å². The average molecular weight is 262 g/mol. The summed E-state index contributed by atoms with van der Waals surface area (Å²) in [5.74, 6) is -0.740. The summed E-state index contributed by atoms with van der Waals surface area (Å²) in [7, 11) is 0. The zero-order valence-electron chi connectivity index (χ0n) is 11.8. The van der Waals surface area contributed by atoms with Crippen LogP contribution in [0.5, 0.6) is 0 Å². The Labute approximate surface area is 114 Å². The summed E-state index contributed by atoms with van der Waals surface area (Å²) in [6.45, 7) is 7.96. The third-order valence-corrected chi connectivity index (χ3v) is 3.95. The summed E-state index contributed by atoms with van der Waals surface area (Å²) in [6, 6.07) is 6.56. The number of piperazine rings is 1. The lowest BCUT2D eigenvalue weighted by Crippen LogP contribution is -2.57. The zero-order valence-corrected chi connectivity index (χ0v) is 11.8. The van der Waals surface area contributed by atoms with E-state index in [2.05, 4.69) is 43.1 Å². The predicted molar refractivity (Wildman–Crippen MR) is 76.8 cm³/mol. The molecular weight excluding hydrogens is 240 g/mol. The van der Waals surface area contributed by atoms with Gasteiger partial charge in [-0.15, -0.1) is 0 Å². The molecule has 0 saturated carbocycles. The van der Waals surface area contributed by atoms with Crippen LogP contribution >= 0.6 is 0 Å². The van der Waals surface area contributed by atoms with Gasteiger partial charge in [0, 0.05) is 24.8 Å². The van der Waals surface area contributed by atoms with E-state index in [1.165, 1.54) is 16.8 Å². The monoisotopic (exact) mass is 262 g/mol. The summed E-state index contributed by atoms with van der Waals surface area (Å²) >= 11 is 0. The number of benzene rings is 1. The van der Waals surface area contributed by atoms with Crippen molar-refractivity contribution in [1.29, 1.82) is 0 Å². The lowest BCUT2D eigenvalue weighted by atomic mass is 10.00. The first-order valence-corrected chi connectivity index (χ1v) is 6.77. The van der Waals surface area contributed by atoms with Crippen LogP contribution in [0.25, 0.3) is 0 Å². The van der Waals surface area contributed by atoms with Crippen LogP contribution in [0.3, 0.4) is 0 Å². The molecular formula is C15H22N2O2. The van der Waals surface area contributed by atoms with Crippen LogP contribution in [-0.2, 0) is 4.79 Å². The van der Waals surface area contributed by atoms with Crippen LogP contribution < -0.4 is 10.2 Å². The number of nitrogens with zero attached hydrogens (tertiary/aromatic N) is 1. The molecule has 1 heterocycles. The number of nitrogens with one attached hydrogen (secondary N) is 1. The summed E-state index contributed by atoms with van der Waals surface area (Å²) in [6.07, 6.45) is 0.171. The standard InChI is InChI=1S/C15H22N2O2/c1-10-5-4-6-14(12(10)3)17-11(2)8-16-9-13(17)7-15(18)19/h4-6,11,13,16H,7-9H2,1-3H3,(H,18,19). The molecule has 1 saturated heterocycles. The maximum absolute atomic E-state index is 11.0. The van der Waals surface area contributed by atoms with Crippen LogP contribution in [0.15, 0.2) is 18.2 Å². The van der Waals surface area contributed by atoms with Crippen LogP contribution in [0.1, 0.15) is 24.5 Å². The van der Waals surface area contributed by atoms with E-state index < -0.39 is 5.97 Å². The smallest absolute Gasteiger partial charge is 0.305 e. The van der Waals surface area contributed by atoms with E-state index in [-0.39, 0.29) is 12.5 Å². The van der Waals surface area contributed by atoms with Gasteiger partial charge in [0.15, 0.2) is 0 Å². The third-order valence-electron chi connectivity index (χ3n) is 3.95. The Hall–Kier alpha value is -1.55. The van der Waals surface area contributed by atoms with Crippen molar-refractivity contribution >= 4 is 11.7 Å². The highest BCUT2D eigenvalue weighted by molar-refractivity contribution is 5.69. The van der Waals surface area contributed by atoms with E-state index in [0.29, 0.717) is 6.04 Å². The van der Waals surface area contributed by atoms with Gasteiger partial charge in [0.25, 0.3) is 0 Å².